The van der Waals surface area contributed by atoms with Gasteiger partial charge in [-0.3, -0.25) is 19.8 Å². The Morgan fingerprint density at radius 2 is 1.75 bits per heavy atom. The number of nitro benzene ring substituents is 1. The molecule has 0 atom stereocenters. The van der Waals surface area contributed by atoms with Crippen LogP contribution in [0.2, 0.25) is 0 Å². The molecule has 0 aliphatic rings. The van der Waals surface area contributed by atoms with Crippen LogP contribution in [0.3, 0.4) is 0 Å². The Labute approximate surface area is 165 Å². The molecule has 2 aromatic carbocycles. The van der Waals surface area contributed by atoms with Gasteiger partial charge in [-0.15, -0.1) is 0 Å². The fourth-order valence-corrected chi connectivity index (χ4v) is 2.87. The molecular formula is C21H15ClN2O4. The highest BCUT2D eigenvalue weighted by atomic mass is 35.5. The highest BCUT2D eigenvalue weighted by Gasteiger charge is 2.12. The number of nitrogens with zero attached hydrogens (tertiary/aromatic N) is 2. The lowest BCUT2D eigenvalue weighted by Crippen LogP contribution is -1.88. The average Bonchev–Trinajstić information content (AvgIpc) is 3.22. The number of aromatic nitrogens is 1. The van der Waals surface area contributed by atoms with Crippen molar-refractivity contribution in [3.8, 4) is 11.1 Å². The molecule has 0 saturated carbocycles. The maximum absolute atomic E-state index is 11.1. The van der Waals surface area contributed by atoms with E-state index in [1.54, 1.807) is 30.8 Å². The predicted molar refractivity (Wildman–Crippen MR) is 110 cm³/mol. The van der Waals surface area contributed by atoms with Crippen LogP contribution in [0.5, 0.6) is 0 Å². The lowest BCUT2D eigenvalue weighted by Gasteiger charge is -2.05. The minimum atomic E-state index is -0.393. The molecule has 1 N–H and O–H groups in total. The highest BCUT2D eigenvalue weighted by molar-refractivity contribution is 6.04. The molecule has 2 aromatic heterocycles. The van der Waals surface area contributed by atoms with Gasteiger partial charge in [-0.25, -0.2) is 0 Å². The summed E-state index contributed by atoms with van der Waals surface area (Å²) in [5.74, 6) is 0. The number of non-ortho nitro benzene ring substituents is 1. The molecule has 0 aliphatic heterocycles. The Bertz CT molecular complexity index is 1120. The minimum absolute atomic E-state index is 0.0555. The van der Waals surface area contributed by atoms with Crippen LogP contribution in [0, 0.1) is 10.1 Å². The number of hydrogen-bond acceptors (Lipinski definition) is 5. The van der Waals surface area contributed by atoms with Gasteiger partial charge in [0.1, 0.15) is 5.58 Å². The van der Waals surface area contributed by atoms with E-state index in [4.69, 9.17) is 9.08 Å². The summed E-state index contributed by atoms with van der Waals surface area (Å²) < 4.78 is 12.1. The summed E-state index contributed by atoms with van der Waals surface area (Å²) in [6, 6.07) is 16.3. The standard InChI is InChI=1S/C21H14N2O3.ClHO/c24-23(25)19-3-1-2-17(14-19)20-13-16(12-18-8-11-26-21(18)20)5-4-15-6-9-22-10-7-15;1-2/h1-14H;2H. The van der Waals surface area contributed by atoms with Gasteiger partial charge in [0, 0.05) is 35.5 Å². The zero-order chi connectivity index (χ0) is 19.9. The van der Waals surface area contributed by atoms with Crippen LogP contribution in [-0.4, -0.2) is 14.6 Å². The first-order valence-electron chi connectivity index (χ1n) is 8.22. The molecule has 4 rings (SSSR count). The summed E-state index contributed by atoms with van der Waals surface area (Å²) in [6.07, 6.45) is 9.12. The Hall–Kier alpha value is -3.48. The normalized spacial score (nSPS) is 10.6. The van der Waals surface area contributed by atoms with Crippen LogP contribution in [0.1, 0.15) is 11.1 Å². The van der Waals surface area contributed by atoms with Crippen molar-refractivity contribution in [1.29, 1.82) is 0 Å². The number of hydrogen-bond donors (Lipinski definition) is 1. The molecule has 7 heteroatoms. The van der Waals surface area contributed by atoms with Gasteiger partial charge >= 0.3 is 0 Å². The Morgan fingerprint density at radius 3 is 2.50 bits per heavy atom. The van der Waals surface area contributed by atoms with Crippen molar-refractivity contribution in [2.24, 2.45) is 0 Å². The van der Waals surface area contributed by atoms with Crippen LogP contribution >= 0.6 is 11.9 Å². The van der Waals surface area contributed by atoms with E-state index in [0.717, 1.165) is 27.6 Å². The molecule has 0 amide bonds. The van der Waals surface area contributed by atoms with Crippen LogP contribution in [-0.2, 0) is 0 Å². The molecule has 28 heavy (non-hydrogen) atoms. The van der Waals surface area contributed by atoms with Crippen molar-refractivity contribution in [3.05, 3.63) is 94.5 Å². The lowest BCUT2D eigenvalue weighted by atomic mass is 9.99. The molecule has 0 bridgehead atoms. The molecule has 4 aromatic rings. The second-order valence-electron chi connectivity index (χ2n) is 5.83. The lowest BCUT2D eigenvalue weighted by molar-refractivity contribution is -0.384. The molecule has 140 valence electrons. The number of nitro groups is 1. The topological polar surface area (TPSA) is 89.4 Å². The summed E-state index contributed by atoms with van der Waals surface area (Å²) in [7, 11) is 0. The van der Waals surface area contributed by atoms with E-state index in [1.807, 2.05) is 48.6 Å². The van der Waals surface area contributed by atoms with Gasteiger partial charge in [0.2, 0.25) is 0 Å². The van der Waals surface area contributed by atoms with Crippen molar-refractivity contribution in [2.45, 2.75) is 0 Å². The van der Waals surface area contributed by atoms with Crippen molar-refractivity contribution < 1.29 is 14.0 Å². The van der Waals surface area contributed by atoms with Gasteiger partial charge in [-0.2, -0.15) is 0 Å². The average molecular weight is 395 g/mol. The minimum Gasteiger partial charge on any atom is -0.464 e. The van der Waals surface area contributed by atoms with E-state index in [2.05, 4.69) is 16.9 Å². The van der Waals surface area contributed by atoms with E-state index in [-0.39, 0.29) is 5.69 Å². The fraction of sp³-hybridized carbons (Fsp3) is 0. The maximum atomic E-state index is 11.1. The van der Waals surface area contributed by atoms with Crippen LogP contribution in [0.15, 0.2) is 77.7 Å². The molecular weight excluding hydrogens is 380 g/mol. The quantitative estimate of drug-likeness (QED) is 0.354. The first-order valence-corrected chi connectivity index (χ1v) is 8.55. The monoisotopic (exact) mass is 394 g/mol. The van der Waals surface area contributed by atoms with Gasteiger partial charge < -0.3 is 4.42 Å². The van der Waals surface area contributed by atoms with Crippen molar-refractivity contribution in [3.63, 3.8) is 0 Å². The van der Waals surface area contributed by atoms with E-state index >= 15 is 0 Å². The third-order valence-electron chi connectivity index (χ3n) is 4.12. The SMILES string of the molecule is O=[N+]([O-])c1cccc(-c2cc(C=Cc3ccncc3)cc3ccoc23)c1.OCl. The second-order valence-corrected chi connectivity index (χ2v) is 5.83. The Morgan fingerprint density at radius 1 is 1.00 bits per heavy atom. The number of halogens is 1. The molecule has 2 heterocycles. The van der Waals surface area contributed by atoms with Crippen molar-refractivity contribution >= 4 is 40.7 Å². The first kappa shape index (κ1) is 19.3. The van der Waals surface area contributed by atoms with Gasteiger partial charge in [0.15, 0.2) is 0 Å². The molecule has 0 saturated heterocycles. The Kier molecular flexibility index (Phi) is 6.16. The molecule has 0 spiro atoms. The van der Waals surface area contributed by atoms with Gasteiger partial charge in [0.05, 0.1) is 23.1 Å². The zero-order valence-corrected chi connectivity index (χ0v) is 15.3. The number of rotatable bonds is 4. The molecule has 0 unspecified atom stereocenters. The number of fused-ring (bicyclic) bond motifs is 1. The fourth-order valence-electron chi connectivity index (χ4n) is 2.87. The van der Waals surface area contributed by atoms with E-state index < -0.39 is 4.92 Å². The van der Waals surface area contributed by atoms with Crippen LogP contribution in [0.25, 0.3) is 34.2 Å². The third-order valence-corrected chi connectivity index (χ3v) is 4.12. The van der Waals surface area contributed by atoms with Gasteiger partial charge in [-0.1, -0.05) is 24.3 Å². The summed E-state index contributed by atoms with van der Waals surface area (Å²) in [6.45, 7) is 0. The number of pyridine rings is 1. The van der Waals surface area contributed by atoms with Gasteiger partial charge in [-0.05, 0) is 47.0 Å². The summed E-state index contributed by atoms with van der Waals surface area (Å²) >= 11 is 3.64. The van der Waals surface area contributed by atoms with Crippen LogP contribution in [0.4, 0.5) is 5.69 Å². The van der Waals surface area contributed by atoms with E-state index in [0.29, 0.717) is 5.58 Å². The largest absolute Gasteiger partial charge is 0.464 e. The summed E-state index contributed by atoms with van der Waals surface area (Å²) in [4.78, 5) is 14.7. The van der Waals surface area contributed by atoms with Gasteiger partial charge in [0.25, 0.3) is 5.69 Å². The molecule has 0 radical (unpaired) electrons. The van der Waals surface area contributed by atoms with E-state index in [9.17, 15) is 10.1 Å². The van der Waals surface area contributed by atoms with E-state index in [1.165, 1.54) is 6.07 Å². The predicted octanol–water partition coefficient (Wildman–Crippen LogP) is 5.71. The smallest absolute Gasteiger partial charge is 0.270 e. The molecule has 0 aliphatic carbocycles. The summed E-state index contributed by atoms with van der Waals surface area (Å²) in [5.41, 5.74) is 4.37. The zero-order valence-electron chi connectivity index (χ0n) is 14.5. The molecule has 0 fully saturated rings. The number of benzene rings is 2. The van der Waals surface area contributed by atoms with Crippen molar-refractivity contribution in [1.82, 2.24) is 4.98 Å². The number of furan rings is 1. The first-order chi connectivity index (χ1) is 13.7. The Balaban J connectivity index is 0.00000109. The second kappa shape index (κ2) is 8.94. The maximum Gasteiger partial charge on any atom is 0.270 e. The third kappa shape index (κ3) is 4.25. The highest BCUT2D eigenvalue weighted by Crippen LogP contribution is 2.33. The summed E-state index contributed by atoms with van der Waals surface area (Å²) in [5, 5.41) is 12.0. The molecule has 6 nitrogen and oxygen atoms in total. The van der Waals surface area contributed by atoms with Crippen LogP contribution < -0.4 is 0 Å². The van der Waals surface area contributed by atoms with Crippen molar-refractivity contribution in [2.75, 3.05) is 0 Å².